The van der Waals surface area contributed by atoms with Gasteiger partial charge < -0.3 is 15.5 Å². The molecule has 1 aliphatic rings. The normalized spacial score (nSPS) is 23.2. The summed E-state index contributed by atoms with van der Waals surface area (Å²) in [5, 5.41) is 6.89. The van der Waals surface area contributed by atoms with Crippen molar-refractivity contribution in [1.29, 1.82) is 0 Å². The zero-order chi connectivity index (χ0) is 12.0. The molecular weight excluding hydrogens is 198 g/mol. The smallest absolute Gasteiger partial charge is 0.0133 e. The van der Waals surface area contributed by atoms with Crippen molar-refractivity contribution >= 4 is 0 Å². The Hall–Kier alpha value is -0.120. The molecule has 0 bridgehead atoms. The summed E-state index contributed by atoms with van der Waals surface area (Å²) in [7, 11) is 6.42. The summed E-state index contributed by atoms with van der Waals surface area (Å²) in [5.41, 5.74) is 0. The van der Waals surface area contributed by atoms with E-state index >= 15 is 0 Å². The van der Waals surface area contributed by atoms with Crippen LogP contribution in [0.3, 0.4) is 0 Å². The Labute approximate surface area is 101 Å². The molecule has 0 radical (unpaired) electrons. The molecule has 1 aliphatic heterocycles. The van der Waals surface area contributed by atoms with E-state index in [0.717, 1.165) is 18.4 Å². The molecule has 0 amide bonds. The van der Waals surface area contributed by atoms with Gasteiger partial charge in [0, 0.05) is 6.04 Å². The summed E-state index contributed by atoms with van der Waals surface area (Å²) in [5.74, 6) is 1.63. The van der Waals surface area contributed by atoms with Crippen LogP contribution in [0.25, 0.3) is 0 Å². The van der Waals surface area contributed by atoms with Crippen molar-refractivity contribution in [2.45, 2.75) is 32.2 Å². The molecule has 0 spiro atoms. The summed E-state index contributed by atoms with van der Waals surface area (Å²) in [4.78, 5) is 2.45. The van der Waals surface area contributed by atoms with Gasteiger partial charge in [0.15, 0.2) is 0 Å². The first kappa shape index (κ1) is 13.9. The second-order valence-corrected chi connectivity index (χ2v) is 5.18. The lowest BCUT2D eigenvalue weighted by atomic mass is 9.81. The fraction of sp³-hybridized carbons (Fsp3) is 1.00. The van der Waals surface area contributed by atoms with Crippen LogP contribution in [0.15, 0.2) is 0 Å². The van der Waals surface area contributed by atoms with Gasteiger partial charge in [-0.3, -0.25) is 0 Å². The lowest BCUT2D eigenvalue weighted by Crippen LogP contribution is -2.47. The van der Waals surface area contributed by atoms with E-state index in [1.165, 1.54) is 32.4 Å². The van der Waals surface area contributed by atoms with Crippen molar-refractivity contribution in [3.8, 4) is 0 Å². The lowest BCUT2D eigenvalue weighted by Gasteiger charge is -2.38. The molecule has 0 aromatic rings. The Bertz CT molecular complexity index is 176. The molecule has 96 valence electrons. The summed E-state index contributed by atoms with van der Waals surface area (Å²) >= 11 is 0. The van der Waals surface area contributed by atoms with Gasteiger partial charge in [-0.05, 0) is 65.5 Å². The maximum atomic E-state index is 3.56. The van der Waals surface area contributed by atoms with E-state index in [-0.39, 0.29) is 0 Å². The third-order valence-corrected chi connectivity index (χ3v) is 4.10. The fourth-order valence-corrected chi connectivity index (χ4v) is 3.03. The van der Waals surface area contributed by atoms with Crippen molar-refractivity contribution in [2.75, 3.05) is 40.8 Å². The van der Waals surface area contributed by atoms with E-state index < -0.39 is 0 Å². The van der Waals surface area contributed by atoms with Crippen LogP contribution in [-0.4, -0.2) is 51.7 Å². The Morgan fingerprint density at radius 1 is 1.25 bits per heavy atom. The molecular formula is C13H29N3. The van der Waals surface area contributed by atoms with Crippen molar-refractivity contribution in [3.05, 3.63) is 0 Å². The Balaban J connectivity index is 2.51. The average Bonchev–Trinajstić information content (AvgIpc) is 2.31. The van der Waals surface area contributed by atoms with Gasteiger partial charge in [0.05, 0.1) is 0 Å². The lowest BCUT2D eigenvalue weighted by molar-refractivity contribution is 0.155. The van der Waals surface area contributed by atoms with Crippen LogP contribution in [0.4, 0.5) is 0 Å². The molecule has 2 N–H and O–H groups in total. The first-order chi connectivity index (χ1) is 7.72. The summed E-state index contributed by atoms with van der Waals surface area (Å²) < 4.78 is 0. The Morgan fingerprint density at radius 3 is 2.31 bits per heavy atom. The van der Waals surface area contributed by atoms with Crippen LogP contribution in [0.5, 0.6) is 0 Å². The van der Waals surface area contributed by atoms with E-state index in [0.29, 0.717) is 6.04 Å². The van der Waals surface area contributed by atoms with Crippen LogP contribution >= 0.6 is 0 Å². The second kappa shape index (κ2) is 7.25. The predicted octanol–water partition coefficient (Wildman–Crippen LogP) is 1.16. The summed E-state index contributed by atoms with van der Waals surface area (Å²) in [6.07, 6.45) is 3.96. The standard InChI is InChI=1S/C13H29N3/c1-5-11(10-14-2)13(15-3)12-6-8-16(4)9-7-12/h11-15H,5-10H2,1-4H3. The van der Waals surface area contributed by atoms with E-state index in [1.807, 2.05) is 0 Å². The van der Waals surface area contributed by atoms with E-state index in [4.69, 9.17) is 0 Å². The molecule has 0 aliphatic carbocycles. The molecule has 16 heavy (non-hydrogen) atoms. The summed E-state index contributed by atoms with van der Waals surface area (Å²) in [6.45, 7) is 5.97. The zero-order valence-electron chi connectivity index (χ0n) is 11.4. The maximum absolute atomic E-state index is 3.56. The van der Waals surface area contributed by atoms with E-state index in [1.54, 1.807) is 0 Å². The second-order valence-electron chi connectivity index (χ2n) is 5.18. The maximum Gasteiger partial charge on any atom is 0.0133 e. The minimum Gasteiger partial charge on any atom is -0.319 e. The topological polar surface area (TPSA) is 27.3 Å². The van der Waals surface area contributed by atoms with Gasteiger partial charge in [0.25, 0.3) is 0 Å². The third kappa shape index (κ3) is 3.72. The first-order valence-corrected chi connectivity index (χ1v) is 6.73. The van der Waals surface area contributed by atoms with Gasteiger partial charge in [-0.2, -0.15) is 0 Å². The van der Waals surface area contributed by atoms with Crippen molar-refractivity contribution in [2.24, 2.45) is 11.8 Å². The molecule has 3 nitrogen and oxygen atoms in total. The van der Waals surface area contributed by atoms with Gasteiger partial charge >= 0.3 is 0 Å². The third-order valence-electron chi connectivity index (χ3n) is 4.10. The molecule has 0 saturated carbocycles. The van der Waals surface area contributed by atoms with Crippen molar-refractivity contribution < 1.29 is 0 Å². The molecule has 0 aromatic carbocycles. The number of hydrogen-bond donors (Lipinski definition) is 2. The number of likely N-dealkylation sites (tertiary alicyclic amines) is 1. The zero-order valence-corrected chi connectivity index (χ0v) is 11.4. The molecule has 2 atom stereocenters. The SMILES string of the molecule is CCC(CNC)C(NC)C1CCN(C)CC1. The highest BCUT2D eigenvalue weighted by Crippen LogP contribution is 2.25. The largest absolute Gasteiger partial charge is 0.319 e. The van der Waals surface area contributed by atoms with Crippen LogP contribution in [0, 0.1) is 11.8 Å². The number of hydrogen-bond acceptors (Lipinski definition) is 3. The highest BCUT2D eigenvalue weighted by molar-refractivity contribution is 4.85. The highest BCUT2D eigenvalue weighted by Gasteiger charge is 2.29. The minimum atomic E-state index is 0.686. The molecule has 1 rings (SSSR count). The molecule has 3 heteroatoms. The molecule has 1 heterocycles. The van der Waals surface area contributed by atoms with Gasteiger partial charge in [-0.25, -0.2) is 0 Å². The van der Waals surface area contributed by atoms with Gasteiger partial charge in [-0.15, -0.1) is 0 Å². The van der Waals surface area contributed by atoms with E-state index in [2.05, 4.69) is 43.6 Å². The van der Waals surface area contributed by atoms with Crippen LogP contribution in [0.1, 0.15) is 26.2 Å². The van der Waals surface area contributed by atoms with Gasteiger partial charge in [-0.1, -0.05) is 13.3 Å². The number of piperidine rings is 1. The van der Waals surface area contributed by atoms with Crippen molar-refractivity contribution in [1.82, 2.24) is 15.5 Å². The van der Waals surface area contributed by atoms with Crippen LogP contribution < -0.4 is 10.6 Å². The number of nitrogens with zero attached hydrogens (tertiary/aromatic N) is 1. The molecule has 0 aromatic heterocycles. The fourth-order valence-electron chi connectivity index (χ4n) is 3.03. The van der Waals surface area contributed by atoms with Crippen molar-refractivity contribution in [3.63, 3.8) is 0 Å². The van der Waals surface area contributed by atoms with E-state index in [9.17, 15) is 0 Å². The quantitative estimate of drug-likeness (QED) is 0.713. The Morgan fingerprint density at radius 2 is 1.88 bits per heavy atom. The molecule has 1 saturated heterocycles. The monoisotopic (exact) mass is 227 g/mol. The highest BCUT2D eigenvalue weighted by atomic mass is 15.1. The number of rotatable bonds is 6. The van der Waals surface area contributed by atoms with Crippen LogP contribution in [0.2, 0.25) is 0 Å². The first-order valence-electron chi connectivity index (χ1n) is 6.73. The van der Waals surface area contributed by atoms with Gasteiger partial charge in [0.1, 0.15) is 0 Å². The molecule has 2 unspecified atom stereocenters. The predicted molar refractivity (Wildman–Crippen MR) is 70.8 cm³/mol. The minimum absolute atomic E-state index is 0.686. The summed E-state index contributed by atoms with van der Waals surface area (Å²) in [6, 6.07) is 0.686. The average molecular weight is 227 g/mol. The molecule has 1 fully saturated rings. The van der Waals surface area contributed by atoms with Gasteiger partial charge in [0.2, 0.25) is 0 Å². The number of nitrogens with one attached hydrogen (secondary N) is 2. The Kier molecular flexibility index (Phi) is 6.32. The van der Waals surface area contributed by atoms with Crippen LogP contribution in [-0.2, 0) is 0 Å².